The van der Waals surface area contributed by atoms with Gasteiger partial charge in [0.2, 0.25) is 5.91 Å². The van der Waals surface area contributed by atoms with Crippen molar-refractivity contribution < 1.29 is 14.7 Å². The Hall–Kier alpha value is -1.10. The Morgan fingerprint density at radius 1 is 1.29 bits per heavy atom. The lowest BCUT2D eigenvalue weighted by atomic mass is 9.86. The summed E-state index contributed by atoms with van der Waals surface area (Å²) < 4.78 is 0. The lowest BCUT2D eigenvalue weighted by molar-refractivity contribution is -0.140. The normalized spacial score (nSPS) is 13.6. The highest BCUT2D eigenvalue weighted by molar-refractivity contribution is 5.83. The van der Waals surface area contributed by atoms with Crippen molar-refractivity contribution in [2.45, 2.75) is 53.1 Å². The molecule has 100 valence electrons. The first-order valence-electron chi connectivity index (χ1n) is 5.85. The van der Waals surface area contributed by atoms with E-state index in [9.17, 15) is 9.59 Å². The number of amides is 1. The topological polar surface area (TPSA) is 83.6 Å². The number of hydrogen-bond donors (Lipinski definition) is 2. The smallest absolute Gasteiger partial charge is 0.305 e. The van der Waals surface area contributed by atoms with Gasteiger partial charge >= 0.3 is 5.97 Å². The minimum atomic E-state index is -0.909. The molecule has 1 amide bonds. The summed E-state index contributed by atoms with van der Waals surface area (Å²) in [7, 11) is 0. The predicted octanol–water partition coefficient (Wildman–Crippen LogP) is 1.07. The largest absolute Gasteiger partial charge is 0.481 e. The van der Waals surface area contributed by atoms with Crippen LogP contribution in [0.1, 0.15) is 41.0 Å². The van der Waals surface area contributed by atoms with Crippen LogP contribution in [0.2, 0.25) is 0 Å². The zero-order chi connectivity index (χ0) is 13.8. The van der Waals surface area contributed by atoms with Crippen molar-refractivity contribution in [1.29, 1.82) is 0 Å². The maximum Gasteiger partial charge on any atom is 0.305 e. The van der Waals surface area contributed by atoms with E-state index in [2.05, 4.69) is 0 Å². The van der Waals surface area contributed by atoms with Gasteiger partial charge in [-0.2, -0.15) is 0 Å². The molecule has 17 heavy (non-hydrogen) atoms. The summed E-state index contributed by atoms with van der Waals surface area (Å²) in [5, 5.41) is 8.66. The molecule has 3 N–H and O–H groups in total. The van der Waals surface area contributed by atoms with Crippen molar-refractivity contribution >= 4 is 11.9 Å². The molecule has 5 nitrogen and oxygen atoms in total. The quantitative estimate of drug-likeness (QED) is 0.757. The summed E-state index contributed by atoms with van der Waals surface area (Å²) >= 11 is 0. The predicted molar refractivity (Wildman–Crippen MR) is 66.5 cm³/mol. The molecule has 0 saturated heterocycles. The lowest BCUT2D eigenvalue weighted by Gasteiger charge is -2.34. The van der Waals surface area contributed by atoms with Crippen LogP contribution in [-0.4, -0.2) is 40.5 Å². The molecule has 0 aliphatic rings. The maximum atomic E-state index is 12.2. The van der Waals surface area contributed by atoms with Gasteiger partial charge in [-0.05, 0) is 19.3 Å². The van der Waals surface area contributed by atoms with E-state index in [0.717, 1.165) is 0 Å². The fraction of sp³-hybridized carbons (Fsp3) is 0.833. The fourth-order valence-corrected chi connectivity index (χ4v) is 1.39. The third kappa shape index (κ3) is 5.17. The molecule has 1 atom stereocenters. The molecule has 0 saturated carbocycles. The van der Waals surface area contributed by atoms with Gasteiger partial charge in [0.15, 0.2) is 0 Å². The molecule has 0 aromatic rings. The maximum absolute atomic E-state index is 12.2. The first kappa shape index (κ1) is 15.9. The molecule has 0 fully saturated rings. The summed E-state index contributed by atoms with van der Waals surface area (Å²) in [6.07, 6.45) is -0.0548. The van der Waals surface area contributed by atoms with Crippen LogP contribution in [0.3, 0.4) is 0 Å². The van der Waals surface area contributed by atoms with E-state index in [1.165, 1.54) is 4.90 Å². The number of carbonyl (C=O) groups is 2. The lowest BCUT2D eigenvalue weighted by Crippen LogP contribution is -2.52. The second kappa shape index (κ2) is 6.00. The molecule has 0 spiro atoms. The van der Waals surface area contributed by atoms with Crippen molar-refractivity contribution in [2.75, 3.05) is 6.54 Å². The van der Waals surface area contributed by atoms with Crippen molar-refractivity contribution in [3.8, 4) is 0 Å². The van der Waals surface area contributed by atoms with Crippen LogP contribution in [0.5, 0.6) is 0 Å². The van der Waals surface area contributed by atoms with Gasteiger partial charge in [0.1, 0.15) is 0 Å². The van der Waals surface area contributed by atoms with Crippen LogP contribution in [0, 0.1) is 5.41 Å². The van der Waals surface area contributed by atoms with E-state index >= 15 is 0 Å². The number of carboxylic acid groups (broad SMARTS) is 1. The first-order valence-corrected chi connectivity index (χ1v) is 5.85. The second-order valence-electron chi connectivity index (χ2n) is 5.61. The minimum Gasteiger partial charge on any atom is -0.481 e. The Kier molecular flexibility index (Phi) is 5.61. The molecular weight excluding hydrogens is 220 g/mol. The molecule has 0 aromatic carbocycles. The number of rotatable bonds is 5. The number of aliphatic carboxylic acids is 1. The number of carboxylic acids is 1. The van der Waals surface area contributed by atoms with Gasteiger partial charge in [-0.25, -0.2) is 0 Å². The zero-order valence-corrected chi connectivity index (χ0v) is 11.4. The highest BCUT2D eigenvalue weighted by Gasteiger charge is 2.32. The van der Waals surface area contributed by atoms with Crippen molar-refractivity contribution in [2.24, 2.45) is 11.1 Å². The van der Waals surface area contributed by atoms with Gasteiger partial charge in [0, 0.05) is 12.6 Å². The van der Waals surface area contributed by atoms with E-state index in [0.29, 0.717) is 0 Å². The van der Waals surface area contributed by atoms with Crippen molar-refractivity contribution in [3.63, 3.8) is 0 Å². The van der Waals surface area contributed by atoms with Gasteiger partial charge in [0.05, 0.1) is 12.5 Å². The Morgan fingerprint density at radius 2 is 1.76 bits per heavy atom. The van der Waals surface area contributed by atoms with Crippen molar-refractivity contribution in [3.05, 3.63) is 0 Å². The highest BCUT2D eigenvalue weighted by atomic mass is 16.4. The van der Waals surface area contributed by atoms with Crippen LogP contribution in [0.15, 0.2) is 0 Å². The second-order valence-corrected chi connectivity index (χ2v) is 5.61. The molecule has 0 aliphatic carbocycles. The Labute approximate surface area is 103 Å². The molecular formula is C12H24N2O3. The summed E-state index contributed by atoms with van der Waals surface area (Å²) in [6, 6.07) is -0.658. The summed E-state index contributed by atoms with van der Waals surface area (Å²) in [6.45, 7) is 9.60. The van der Waals surface area contributed by atoms with Crippen LogP contribution in [0.4, 0.5) is 0 Å². The van der Waals surface area contributed by atoms with E-state index in [1.807, 2.05) is 34.6 Å². The van der Waals surface area contributed by atoms with Gasteiger partial charge in [0.25, 0.3) is 0 Å². The SMILES string of the molecule is CC(C)N(CCC(=O)O)C(=O)[C@@H](N)C(C)(C)C. The van der Waals surface area contributed by atoms with Gasteiger partial charge in [-0.3, -0.25) is 9.59 Å². The fourth-order valence-electron chi connectivity index (χ4n) is 1.39. The Morgan fingerprint density at radius 3 is 2.06 bits per heavy atom. The number of hydrogen-bond acceptors (Lipinski definition) is 3. The summed E-state index contributed by atoms with van der Waals surface area (Å²) in [4.78, 5) is 24.2. The highest BCUT2D eigenvalue weighted by Crippen LogP contribution is 2.20. The van der Waals surface area contributed by atoms with Crippen LogP contribution < -0.4 is 5.73 Å². The Balaban J connectivity index is 4.71. The molecule has 0 bridgehead atoms. The van der Waals surface area contributed by atoms with Gasteiger partial charge in [-0.1, -0.05) is 20.8 Å². The average molecular weight is 244 g/mol. The van der Waals surface area contributed by atoms with E-state index in [4.69, 9.17) is 10.8 Å². The third-order valence-electron chi connectivity index (χ3n) is 2.67. The summed E-state index contributed by atoms with van der Waals surface area (Å²) in [5.74, 6) is -1.10. The van der Waals surface area contributed by atoms with Crippen LogP contribution in [-0.2, 0) is 9.59 Å². The first-order chi connectivity index (χ1) is 7.57. The zero-order valence-electron chi connectivity index (χ0n) is 11.4. The van der Waals surface area contributed by atoms with Crippen molar-refractivity contribution in [1.82, 2.24) is 4.90 Å². The number of nitrogens with two attached hydrogens (primary N) is 1. The van der Waals surface area contributed by atoms with E-state index < -0.39 is 12.0 Å². The molecule has 0 aromatic heterocycles. The molecule has 0 aliphatic heterocycles. The van der Waals surface area contributed by atoms with Gasteiger partial charge < -0.3 is 15.7 Å². The van der Waals surface area contributed by atoms with Crippen LogP contribution in [0.25, 0.3) is 0 Å². The number of nitrogens with zero attached hydrogens (tertiary/aromatic N) is 1. The Bertz CT molecular complexity index is 282. The molecule has 5 heteroatoms. The molecule has 0 unspecified atom stereocenters. The monoisotopic (exact) mass is 244 g/mol. The van der Waals surface area contributed by atoms with E-state index in [1.54, 1.807) is 0 Å². The number of carbonyl (C=O) groups excluding carboxylic acids is 1. The standard InChI is InChI=1S/C12H24N2O3/c1-8(2)14(7-6-9(15)16)11(17)10(13)12(3,4)5/h8,10H,6-7,13H2,1-5H3,(H,15,16)/t10-/m1/s1. The van der Waals surface area contributed by atoms with E-state index in [-0.39, 0.29) is 30.3 Å². The third-order valence-corrected chi connectivity index (χ3v) is 2.67. The minimum absolute atomic E-state index is 0.0461. The summed E-state index contributed by atoms with van der Waals surface area (Å²) in [5.41, 5.74) is 5.57. The average Bonchev–Trinajstić information content (AvgIpc) is 2.13. The molecule has 0 radical (unpaired) electrons. The molecule has 0 rings (SSSR count). The molecule has 0 heterocycles. The van der Waals surface area contributed by atoms with Crippen LogP contribution >= 0.6 is 0 Å². The van der Waals surface area contributed by atoms with Gasteiger partial charge in [-0.15, -0.1) is 0 Å².